The molecule has 5 unspecified atom stereocenters. The Morgan fingerprint density at radius 3 is 2.78 bits per heavy atom. The molecule has 0 aromatic carbocycles. The predicted molar refractivity (Wildman–Crippen MR) is 76.0 cm³/mol. The van der Waals surface area contributed by atoms with Crippen LogP contribution in [0.5, 0.6) is 0 Å². The van der Waals surface area contributed by atoms with Crippen molar-refractivity contribution in [3.05, 3.63) is 0 Å². The lowest BCUT2D eigenvalue weighted by molar-refractivity contribution is -0.173. The van der Waals surface area contributed by atoms with E-state index in [-0.39, 0.29) is 18.3 Å². The second-order valence-corrected chi connectivity index (χ2v) is 7.37. The Morgan fingerprint density at radius 1 is 1.43 bits per heavy atom. The maximum atomic E-state index is 11.9. The van der Waals surface area contributed by atoms with Crippen molar-refractivity contribution in [1.29, 1.82) is 0 Å². The molecule has 23 heavy (non-hydrogen) atoms. The molecule has 0 amide bonds. The molecule has 2 saturated carbocycles. The molecular formula is C16H22O7. The Kier molecular flexibility index (Phi) is 3.66. The van der Waals surface area contributed by atoms with Crippen molar-refractivity contribution in [1.82, 2.24) is 0 Å². The summed E-state index contributed by atoms with van der Waals surface area (Å²) in [4.78, 5) is 35.5. The summed E-state index contributed by atoms with van der Waals surface area (Å²) in [7, 11) is 0. The fourth-order valence-corrected chi connectivity index (χ4v) is 3.73. The smallest absolute Gasteiger partial charge is 0.344 e. The molecule has 7 nitrogen and oxygen atoms in total. The minimum absolute atomic E-state index is 0.0896. The van der Waals surface area contributed by atoms with Crippen LogP contribution in [0.1, 0.15) is 40.0 Å². The number of carbonyl (C=O) groups excluding carboxylic acids is 3. The van der Waals surface area contributed by atoms with Crippen molar-refractivity contribution < 1.29 is 33.7 Å². The molecule has 128 valence electrons. The number of hydrogen-bond donors (Lipinski definition) is 1. The van der Waals surface area contributed by atoms with Crippen LogP contribution in [0, 0.1) is 17.3 Å². The Labute approximate surface area is 134 Å². The van der Waals surface area contributed by atoms with E-state index in [4.69, 9.17) is 14.2 Å². The average Bonchev–Trinajstić information content (AvgIpc) is 3.05. The molecule has 0 aromatic rings. The molecule has 0 radical (unpaired) electrons. The van der Waals surface area contributed by atoms with Crippen LogP contribution in [0.25, 0.3) is 0 Å². The van der Waals surface area contributed by atoms with Gasteiger partial charge in [-0.3, -0.25) is 4.79 Å². The maximum absolute atomic E-state index is 11.9. The van der Waals surface area contributed by atoms with E-state index < -0.39 is 47.7 Å². The van der Waals surface area contributed by atoms with Gasteiger partial charge in [-0.25, -0.2) is 9.59 Å². The molecule has 1 saturated heterocycles. The fourth-order valence-electron chi connectivity index (χ4n) is 3.73. The molecule has 3 fully saturated rings. The third-order valence-corrected chi connectivity index (χ3v) is 5.55. The van der Waals surface area contributed by atoms with E-state index in [2.05, 4.69) is 0 Å². The molecular weight excluding hydrogens is 304 g/mol. The van der Waals surface area contributed by atoms with Crippen LogP contribution in [-0.4, -0.2) is 47.4 Å². The van der Waals surface area contributed by atoms with Gasteiger partial charge < -0.3 is 19.3 Å². The number of carbonyl (C=O) groups is 3. The van der Waals surface area contributed by atoms with Crippen molar-refractivity contribution in [3.8, 4) is 0 Å². The van der Waals surface area contributed by atoms with E-state index in [1.165, 1.54) is 0 Å². The van der Waals surface area contributed by atoms with Crippen molar-refractivity contribution in [3.63, 3.8) is 0 Å². The highest BCUT2D eigenvalue weighted by molar-refractivity contribution is 5.84. The summed E-state index contributed by atoms with van der Waals surface area (Å²) in [6, 6.07) is 0. The SMILES string of the molecule is CCC(C)(C)C(=O)OCC(=O)OC1C2CC3C1OC(=O)C3(O)C2. The largest absolute Gasteiger partial charge is 0.456 e. The van der Waals surface area contributed by atoms with Gasteiger partial charge in [-0.05, 0) is 33.1 Å². The second-order valence-electron chi connectivity index (χ2n) is 7.37. The van der Waals surface area contributed by atoms with E-state index in [9.17, 15) is 19.5 Å². The van der Waals surface area contributed by atoms with Gasteiger partial charge in [0, 0.05) is 11.8 Å². The predicted octanol–water partition coefficient (Wildman–Crippen LogP) is 0.574. The van der Waals surface area contributed by atoms with Gasteiger partial charge in [0.2, 0.25) is 0 Å². The van der Waals surface area contributed by atoms with Crippen molar-refractivity contribution >= 4 is 17.9 Å². The van der Waals surface area contributed by atoms with E-state index in [1.54, 1.807) is 13.8 Å². The Bertz CT molecular complexity index is 555. The molecule has 1 heterocycles. The number of fused-ring (bicyclic) bond motifs is 1. The zero-order valence-electron chi connectivity index (χ0n) is 13.5. The number of rotatable bonds is 5. The second kappa shape index (κ2) is 5.19. The molecule has 1 aliphatic heterocycles. The molecule has 0 aromatic heterocycles. The van der Waals surface area contributed by atoms with Crippen LogP contribution in [-0.2, 0) is 28.6 Å². The zero-order valence-corrected chi connectivity index (χ0v) is 13.5. The van der Waals surface area contributed by atoms with Gasteiger partial charge in [-0.2, -0.15) is 0 Å². The van der Waals surface area contributed by atoms with E-state index in [1.807, 2.05) is 6.92 Å². The first kappa shape index (κ1) is 16.2. The van der Waals surface area contributed by atoms with Crippen molar-refractivity contribution in [2.45, 2.75) is 57.8 Å². The number of ether oxygens (including phenoxy) is 3. The zero-order chi connectivity index (χ0) is 17.0. The van der Waals surface area contributed by atoms with E-state index in [0.717, 1.165) is 0 Å². The summed E-state index contributed by atoms with van der Waals surface area (Å²) in [5, 5.41) is 10.3. The summed E-state index contributed by atoms with van der Waals surface area (Å²) in [5.41, 5.74) is -2.06. The molecule has 3 aliphatic rings. The third kappa shape index (κ3) is 2.41. The highest BCUT2D eigenvalue weighted by Crippen LogP contribution is 2.57. The third-order valence-electron chi connectivity index (χ3n) is 5.55. The van der Waals surface area contributed by atoms with Gasteiger partial charge in [0.15, 0.2) is 12.2 Å². The summed E-state index contributed by atoms with van der Waals surface area (Å²) in [6.45, 7) is 4.90. The Morgan fingerprint density at radius 2 is 2.13 bits per heavy atom. The summed E-state index contributed by atoms with van der Waals surface area (Å²) < 4.78 is 15.5. The molecule has 7 heteroatoms. The van der Waals surface area contributed by atoms with Gasteiger partial charge in [0.25, 0.3) is 0 Å². The van der Waals surface area contributed by atoms with Crippen LogP contribution in [0.3, 0.4) is 0 Å². The molecule has 3 rings (SSSR count). The highest BCUT2D eigenvalue weighted by atomic mass is 16.6. The number of aliphatic hydroxyl groups is 1. The summed E-state index contributed by atoms with van der Waals surface area (Å²) in [6.07, 6.45) is 0.320. The quantitative estimate of drug-likeness (QED) is 0.582. The summed E-state index contributed by atoms with van der Waals surface area (Å²) in [5.74, 6) is -2.13. The van der Waals surface area contributed by atoms with Crippen LogP contribution in [0.4, 0.5) is 0 Å². The molecule has 5 atom stereocenters. The minimum Gasteiger partial charge on any atom is -0.456 e. The normalized spacial score (nSPS) is 37.7. The van der Waals surface area contributed by atoms with Crippen LogP contribution in [0.15, 0.2) is 0 Å². The minimum atomic E-state index is -1.41. The molecule has 2 aliphatic carbocycles. The van der Waals surface area contributed by atoms with E-state index in [0.29, 0.717) is 12.8 Å². The monoisotopic (exact) mass is 326 g/mol. The number of hydrogen-bond acceptors (Lipinski definition) is 7. The summed E-state index contributed by atoms with van der Waals surface area (Å²) >= 11 is 0. The van der Waals surface area contributed by atoms with Gasteiger partial charge >= 0.3 is 17.9 Å². The fraction of sp³-hybridized carbons (Fsp3) is 0.812. The van der Waals surface area contributed by atoms with Gasteiger partial charge in [0.1, 0.15) is 12.2 Å². The van der Waals surface area contributed by atoms with Crippen LogP contribution >= 0.6 is 0 Å². The Hall–Kier alpha value is -1.63. The number of esters is 3. The lowest BCUT2D eigenvalue weighted by atomic mass is 9.84. The average molecular weight is 326 g/mol. The Balaban J connectivity index is 1.55. The van der Waals surface area contributed by atoms with Gasteiger partial charge in [-0.15, -0.1) is 0 Å². The van der Waals surface area contributed by atoms with Crippen molar-refractivity contribution in [2.75, 3.05) is 6.61 Å². The van der Waals surface area contributed by atoms with Crippen LogP contribution in [0.2, 0.25) is 0 Å². The first-order valence-corrected chi connectivity index (χ1v) is 7.99. The van der Waals surface area contributed by atoms with Crippen LogP contribution < -0.4 is 0 Å². The molecule has 2 bridgehead atoms. The van der Waals surface area contributed by atoms with Gasteiger partial charge in [0.05, 0.1) is 5.41 Å². The molecule has 0 spiro atoms. The van der Waals surface area contributed by atoms with Gasteiger partial charge in [-0.1, -0.05) is 6.92 Å². The topological polar surface area (TPSA) is 99.1 Å². The highest BCUT2D eigenvalue weighted by Gasteiger charge is 2.71. The van der Waals surface area contributed by atoms with E-state index >= 15 is 0 Å². The molecule has 1 N–H and O–H groups in total. The lowest BCUT2D eigenvalue weighted by Crippen LogP contribution is -2.44. The van der Waals surface area contributed by atoms with Crippen molar-refractivity contribution in [2.24, 2.45) is 17.3 Å². The maximum Gasteiger partial charge on any atom is 0.344 e. The standard InChI is InChI=1S/C16H22O7/c1-4-15(2,3)13(18)21-7-10(17)22-11-8-5-9-12(11)23-14(19)16(9,20)6-8/h8-9,11-12,20H,4-7H2,1-3H3. The lowest BCUT2D eigenvalue weighted by Gasteiger charge is -2.28. The first-order valence-electron chi connectivity index (χ1n) is 7.99. The first-order chi connectivity index (χ1) is 10.7.